The third kappa shape index (κ3) is 4.35. The molecule has 1 heterocycles. The Morgan fingerprint density at radius 2 is 1.84 bits per heavy atom. The average molecular weight is 342 g/mol. The molecular weight excluding hydrogens is 320 g/mol. The first-order chi connectivity index (χ1) is 12.2. The van der Waals surface area contributed by atoms with Gasteiger partial charge in [0.1, 0.15) is 5.75 Å². The number of carbonyl (C=O) groups is 1. The summed E-state index contributed by atoms with van der Waals surface area (Å²) >= 11 is 0. The van der Waals surface area contributed by atoms with E-state index in [4.69, 9.17) is 14.2 Å². The van der Waals surface area contributed by atoms with Crippen molar-refractivity contribution in [3.8, 4) is 17.2 Å². The van der Waals surface area contributed by atoms with Crippen LogP contribution >= 0.6 is 0 Å². The smallest absolute Gasteiger partial charge is 0.317 e. The fourth-order valence-corrected chi connectivity index (χ4v) is 2.62. The summed E-state index contributed by atoms with van der Waals surface area (Å²) in [6.07, 6.45) is 0.735. The number of methoxy groups -OCH3 is 1. The van der Waals surface area contributed by atoms with Crippen LogP contribution in [0.1, 0.15) is 11.1 Å². The summed E-state index contributed by atoms with van der Waals surface area (Å²) in [7, 11) is 3.41. The van der Waals surface area contributed by atoms with Gasteiger partial charge in [-0.2, -0.15) is 0 Å². The maximum Gasteiger partial charge on any atom is 0.317 e. The van der Waals surface area contributed by atoms with Crippen molar-refractivity contribution >= 4 is 6.03 Å². The lowest BCUT2D eigenvalue weighted by atomic mass is 10.1. The Labute approximate surface area is 147 Å². The van der Waals surface area contributed by atoms with E-state index in [0.29, 0.717) is 13.1 Å². The lowest BCUT2D eigenvalue weighted by Crippen LogP contribution is -2.37. The summed E-state index contributed by atoms with van der Waals surface area (Å²) in [4.78, 5) is 13.8. The van der Waals surface area contributed by atoms with E-state index in [0.717, 1.165) is 34.8 Å². The quantitative estimate of drug-likeness (QED) is 0.877. The summed E-state index contributed by atoms with van der Waals surface area (Å²) in [6, 6.07) is 13.4. The molecule has 0 unspecified atom stereocenters. The fraction of sp³-hybridized carbons (Fsp3) is 0.316. The molecule has 0 radical (unpaired) electrons. The van der Waals surface area contributed by atoms with Gasteiger partial charge >= 0.3 is 6.03 Å². The van der Waals surface area contributed by atoms with Gasteiger partial charge in [0.25, 0.3) is 0 Å². The molecule has 1 aliphatic rings. The maximum atomic E-state index is 12.2. The van der Waals surface area contributed by atoms with Crippen molar-refractivity contribution in [1.82, 2.24) is 10.2 Å². The predicted octanol–water partition coefficient (Wildman–Crippen LogP) is 2.81. The summed E-state index contributed by atoms with van der Waals surface area (Å²) in [6.45, 7) is 1.37. The molecule has 132 valence electrons. The van der Waals surface area contributed by atoms with Crippen LogP contribution in [-0.2, 0) is 13.0 Å². The molecular formula is C19H22N2O4. The van der Waals surface area contributed by atoms with Crippen LogP contribution in [0.15, 0.2) is 42.5 Å². The van der Waals surface area contributed by atoms with E-state index >= 15 is 0 Å². The molecule has 2 aromatic rings. The second-order valence-electron chi connectivity index (χ2n) is 5.87. The molecule has 0 atom stereocenters. The van der Waals surface area contributed by atoms with E-state index < -0.39 is 0 Å². The van der Waals surface area contributed by atoms with Gasteiger partial charge in [-0.05, 0) is 41.8 Å². The molecule has 0 aliphatic carbocycles. The number of hydrogen-bond acceptors (Lipinski definition) is 4. The van der Waals surface area contributed by atoms with E-state index in [1.807, 2.05) is 42.5 Å². The van der Waals surface area contributed by atoms with Gasteiger partial charge in [-0.25, -0.2) is 4.79 Å². The van der Waals surface area contributed by atoms with Gasteiger partial charge in [0.15, 0.2) is 11.5 Å². The highest BCUT2D eigenvalue weighted by atomic mass is 16.7. The van der Waals surface area contributed by atoms with Gasteiger partial charge in [-0.3, -0.25) is 0 Å². The zero-order valence-electron chi connectivity index (χ0n) is 14.5. The largest absolute Gasteiger partial charge is 0.497 e. The zero-order chi connectivity index (χ0) is 17.6. The third-order valence-electron chi connectivity index (χ3n) is 4.05. The van der Waals surface area contributed by atoms with Crippen molar-refractivity contribution in [3.05, 3.63) is 53.6 Å². The first kappa shape index (κ1) is 17.0. The number of ether oxygens (including phenoxy) is 3. The second kappa shape index (κ2) is 7.79. The summed E-state index contributed by atoms with van der Waals surface area (Å²) in [5.74, 6) is 2.34. The number of nitrogens with one attached hydrogen (secondary N) is 1. The first-order valence-electron chi connectivity index (χ1n) is 8.16. The minimum Gasteiger partial charge on any atom is -0.497 e. The van der Waals surface area contributed by atoms with E-state index in [1.54, 1.807) is 19.1 Å². The van der Waals surface area contributed by atoms with E-state index in [9.17, 15) is 4.79 Å². The summed E-state index contributed by atoms with van der Waals surface area (Å²) < 4.78 is 15.8. The fourth-order valence-electron chi connectivity index (χ4n) is 2.62. The van der Waals surface area contributed by atoms with Crippen molar-refractivity contribution in [1.29, 1.82) is 0 Å². The highest BCUT2D eigenvalue weighted by molar-refractivity contribution is 5.73. The summed E-state index contributed by atoms with van der Waals surface area (Å²) in [5, 5.41) is 2.93. The normalized spacial score (nSPS) is 11.9. The Hall–Kier alpha value is -2.89. The van der Waals surface area contributed by atoms with Crippen molar-refractivity contribution < 1.29 is 19.0 Å². The van der Waals surface area contributed by atoms with Crippen molar-refractivity contribution in [3.63, 3.8) is 0 Å². The number of urea groups is 1. The average Bonchev–Trinajstić information content (AvgIpc) is 3.10. The number of rotatable bonds is 6. The summed E-state index contributed by atoms with van der Waals surface area (Å²) in [5.41, 5.74) is 2.15. The van der Waals surface area contributed by atoms with E-state index in [1.165, 1.54) is 0 Å². The molecule has 2 amide bonds. The lowest BCUT2D eigenvalue weighted by Gasteiger charge is -2.18. The van der Waals surface area contributed by atoms with E-state index in [-0.39, 0.29) is 12.8 Å². The van der Waals surface area contributed by atoms with Crippen LogP contribution in [0.25, 0.3) is 0 Å². The maximum absolute atomic E-state index is 12.2. The Morgan fingerprint density at radius 3 is 2.60 bits per heavy atom. The molecule has 2 aromatic carbocycles. The van der Waals surface area contributed by atoms with Gasteiger partial charge in [0, 0.05) is 20.1 Å². The molecule has 1 N–H and O–H groups in total. The van der Waals surface area contributed by atoms with Crippen molar-refractivity contribution in [2.75, 3.05) is 27.5 Å². The van der Waals surface area contributed by atoms with Gasteiger partial charge in [0.2, 0.25) is 6.79 Å². The van der Waals surface area contributed by atoms with Crippen LogP contribution in [0.3, 0.4) is 0 Å². The van der Waals surface area contributed by atoms with Crippen LogP contribution in [0.2, 0.25) is 0 Å². The number of fused-ring (bicyclic) bond motifs is 1. The molecule has 0 saturated heterocycles. The minimum atomic E-state index is -0.100. The predicted molar refractivity (Wildman–Crippen MR) is 94.1 cm³/mol. The lowest BCUT2D eigenvalue weighted by molar-refractivity contribution is 0.174. The molecule has 1 aliphatic heterocycles. The number of nitrogens with zero attached hydrogens (tertiary/aromatic N) is 1. The molecule has 3 rings (SSSR count). The van der Waals surface area contributed by atoms with Crippen LogP contribution in [0, 0.1) is 0 Å². The Bertz CT molecular complexity index is 731. The van der Waals surface area contributed by atoms with Crippen molar-refractivity contribution in [2.24, 2.45) is 0 Å². The van der Waals surface area contributed by atoms with Crippen molar-refractivity contribution in [2.45, 2.75) is 13.0 Å². The number of hydrogen-bond donors (Lipinski definition) is 1. The number of benzene rings is 2. The second-order valence-corrected chi connectivity index (χ2v) is 5.87. The van der Waals surface area contributed by atoms with Gasteiger partial charge < -0.3 is 24.4 Å². The molecule has 6 nitrogen and oxygen atoms in total. The SMILES string of the molecule is COc1ccc(CN(C)C(=O)NCCc2ccc3c(c2)OCO3)cc1. The van der Waals surface area contributed by atoms with Crippen LogP contribution in [0.5, 0.6) is 17.2 Å². The monoisotopic (exact) mass is 342 g/mol. The molecule has 0 spiro atoms. The van der Waals surface area contributed by atoms with Crippen LogP contribution in [-0.4, -0.2) is 38.4 Å². The Kier molecular flexibility index (Phi) is 5.28. The van der Waals surface area contributed by atoms with Crippen LogP contribution in [0.4, 0.5) is 4.79 Å². The molecule has 0 bridgehead atoms. The molecule has 6 heteroatoms. The molecule has 0 fully saturated rings. The Morgan fingerprint density at radius 1 is 1.12 bits per heavy atom. The van der Waals surface area contributed by atoms with Crippen LogP contribution < -0.4 is 19.5 Å². The highest BCUT2D eigenvalue weighted by Crippen LogP contribution is 2.32. The number of carbonyl (C=O) groups excluding carboxylic acids is 1. The highest BCUT2D eigenvalue weighted by Gasteiger charge is 2.13. The van der Waals surface area contributed by atoms with Gasteiger partial charge in [-0.15, -0.1) is 0 Å². The molecule has 25 heavy (non-hydrogen) atoms. The zero-order valence-corrected chi connectivity index (χ0v) is 14.5. The third-order valence-corrected chi connectivity index (χ3v) is 4.05. The van der Waals surface area contributed by atoms with Gasteiger partial charge in [0.05, 0.1) is 7.11 Å². The van der Waals surface area contributed by atoms with Gasteiger partial charge in [-0.1, -0.05) is 18.2 Å². The molecule has 0 aromatic heterocycles. The molecule has 0 saturated carbocycles. The van der Waals surface area contributed by atoms with E-state index in [2.05, 4.69) is 5.32 Å². The standard InChI is InChI=1S/C19H22N2O4/c1-21(12-15-3-6-16(23-2)7-4-15)19(22)20-10-9-14-5-8-17-18(11-14)25-13-24-17/h3-8,11H,9-10,12-13H2,1-2H3,(H,20,22). The number of amides is 2. The first-order valence-corrected chi connectivity index (χ1v) is 8.16. The topological polar surface area (TPSA) is 60.0 Å². The minimum absolute atomic E-state index is 0.100. The Balaban J connectivity index is 1.45.